The van der Waals surface area contributed by atoms with Gasteiger partial charge in [0.1, 0.15) is 6.10 Å². The lowest BCUT2D eigenvalue weighted by Crippen LogP contribution is -2.33. The first-order valence-corrected chi connectivity index (χ1v) is 6.77. The fraction of sp³-hybridized carbons (Fsp3) is 0.688. The van der Waals surface area contributed by atoms with Crippen molar-refractivity contribution in [2.45, 2.75) is 54.1 Å². The van der Waals surface area contributed by atoms with Crippen molar-refractivity contribution in [3.05, 3.63) is 23.8 Å². The van der Waals surface area contributed by atoms with E-state index in [4.69, 9.17) is 4.74 Å². The molecule has 2 nitrogen and oxygen atoms in total. The van der Waals surface area contributed by atoms with Crippen molar-refractivity contribution >= 4 is 5.97 Å². The van der Waals surface area contributed by atoms with Gasteiger partial charge < -0.3 is 4.74 Å². The third kappa shape index (κ3) is 3.47. The van der Waals surface area contributed by atoms with Crippen LogP contribution in [0.15, 0.2) is 23.8 Å². The Kier molecular flexibility index (Phi) is 4.78. The minimum Gasteiger partial charge on any atom is -0.459 e. The van der Waals surface area contributed by atoms with E-state index in [0.717, 1.165) is 6.42 Å². The van der Waals surface area contributed by atoms with Gasteiger partial charge in [-0.2, -0.15) is 0 Å². The Labute approximate surface area is 111 Å². The SMILES string of the molecule is CC(=O)O[C@H](C)C=C[C@@H]1C(C)=CC[C@H](C)C1(C)C. The van der Waals surface area contributed by atoms with E-state index in [-0.39, 0.29) is 17.5 Å². The van der Waals surface area contributed by atoms with E-state index in [1.54, 1.807) is 0 Å². The number of hydrogen-bond acceptors (Lipinski definition) is 2. The van der Waals surface area contributed by atoms with Gasteiger partial charge in [0.2, 0.25) is 0 Å². The summed E-state index contributed by atoms with van der Waals surface area (Å²) in [5.41, 5.74) is 1.68. The number of carbonyl (C=O) groups is 1. The maximum absolute atomic E-state index is 10.9. The fourth-order valence-electron chi connectivity index (χ4n) is 2.66. The minimum atomic E-state index is -0.226. The van der Waals surface area contributed by atoms with Crippen molar-refractivity contribution in [3.63, 3.8) is 0 Å². The Hall–Kier alpha value is -1.05. The molecule has 0 amide bonds. The van der Waals surface area contributed by atoms with Crippen LogP contribution in [0.25, 0.3) is 0 Å². The molecule has 0 bridgehead atoms. The third-order valence-corrected chi connectivity index (χ3v) is 4.28. The molecule has 0 spiro atoms. The average molecular weight is 250 g/mol. The van der Waals surface area contributed by atoms with Crippen LogP contribution in [-0.4, -0.2) is 12.1 Å². The molecule has 1 aliphatic rings. The topological polar surface area (TPSA) is 26.3 Å². The molecule has 3 atom stereocenters. The first kappa shape index (κ1) is 15.0. The standard InChI is InChI=1S/C16H26O2/c1-11-7-8-12(2)16(5,6)15(11)10-9-13(3)18-14(4)17/h7,9-10,12-13,15H,8H2,1-6H3/t12-,13+,15+/m0/s1. The Morgan fingerprint density at radius 2 is 2.17 bits per heavy atom. The largest absolute Gasteiger partial charge is 0.459 e. The molecule has 0 unspecified atom stereocenters. The molecule has 0 saturated carbocycles. The third-order valence-electron chi connectivity index (χ3n) is 4.28. The van der Waals surface area contributed by atoms with Crippen LogP contribution >= 0.6 is 0 Å². The first-order chi connectivity index (χ1) is 8.25. The van der Waals surface area contributed by atoms with Crippen LogP contribution in [0.4, 0.5) is 0 Å². The van der Waals surface area contributed by atoms with Crippen LogP contribution in [0.5, 0.6) is 0 Å². The van der Waals surface area contributed by atoms with E-state index in [1.807, 2.05) is 13.0 Å². The van der Waals surface area contributed by atoms with Gasteiger partial charge in [0.15, 0.2) is 0 Å². The molecule has 2 heteroatoms. The predicted octanol–water partition coefficient (Wildman–Crippen LogP) is 4.12. The fourth-order valence-corrected chi connectivity index (χ4v) is 2.66. The second-order valence-electron chi connectivity index (χ2n) is 6.08. The van der Waals surface area contributed by atoms with Gasteiger partial charge in [0.25, 0.3) is 0 Å². The zero-order chi connectivity index (χ0) is 13.9. The van der Waals surface area contributed by atoms with Crippen molar-refractivity contribution in [2.75, 3.05) is 0 Å². The van der Waals surface area contributed by atoms with E-state index in [2.05, 4.69) is 39.8 Å². The summed E-state index contributed by atoms with van der Waals surface area (Å²) >= 11 is 0. The van der Waals surface area contributed by atoms with Crippen LogP contribution in [0.3, 0.4) is 0 Å². The molecule has 1 aliphatic carbocycles. The smallest absolute Gasteiger partial charge is 0.303 e. The highest BCUT2D eigenvalue weighted by Crippen LogP contribution is 2.45. The van der Waals surface area contributed by atoms with Crippen LogP contribution < -0.4 is 0 Å². The summed E-state index contributed by atoms with van der Waals surface area (Å²) in [4.78, 5) is 10.9. The van der Waals surface area contributed by atoms with E-state index >= 15 is 0 Å². The normalized spacial score (nSPS) is 28.9. The highest BCUT2D eigenvalue weighted by molar-refractivity contribution is 5.66. The zero-order valence-corrected chi connectivity index (χ0v) is 12.5. The molecule has 0 fully saturated rings. The number of allylic oxidation sites excluding steroid dienone is 3. The summed E-state index contributed by atoms with van der Waals surface area (Å²) in [5.74, 6) is 0.870. The Bertz CT molecular complexity index is 363. The molecule has 0 aliphatic heterocycles. The van der Waals surface area contributed by atoms with E-state index in [0.29, 0.717) is 11.8 Å². The van der Waals surface area contributed by atoms with E-state index < -0.39 is 0 Å². The number of rotatable bonds is 3. The lowest BCUT2D eigenvalue weighted by molar-refractivity contribution is -0.143. The van der Waals surface area contributed by atoms with Gasteiger partial charge >= 0.3 is 5.97 Å². The minimum absolute atomic E-state index is 0.150. The molecule has 0 N–H and O–H groups in total. The Morgan fingerprint density at radius 1 is 1.56 bits per heavy atom. The number of carbonyl (C=O) groups excluding carboxylic acids is 1. The number of hydrogen-bond donors (Lipinski definition) is 0. The molecular formula is C16H26O2. The summed E-state index contributed by atoms with van der Waals surface area (Å²) in [6.07, 6.45) is 7.55. The first-order valence-electron chi connectivity index (χ1n) is 6.77. The molecule has 0 aromatic carbocycles. The van der Waals surface area contributed by atoms with Crippen molar-refractivity contribution in [1.82, 2.24) is 0 Å². The molecule has 0 aromatic heterocycles. The second kappa shape index (κ2) is 5.73. The lowest BCUT2D eigenvalue weighted by Gasteiger charge is -2.42. The maximum atomic E-state index is 10.9. The Morgan fingerprint density at radius 3 is 2.72 bits per heavy atom. The van der Waals surface area contributed by atoms with Crippen molar-refractivity contribution in [1.29, 1.82) is 0 Å². The van der Waals surface area contributed by atoms with Crippen molar-refractivity contribution in [3.8, 4) is 0 Å². The summed E-state index contributed by atoms with van der Waals surface area (Å²) in [5, 5.41) is 0. The summed E-state index contributed by atoms with van der Waals surface area (Å²) in [7, 11) is 0. The molecule has 0 saturated heterocycles. The van der Waals surface area contributed by atoms with Gasteiger partial charge in [-0.1, -0.05) is 38.5 Å². The molecular weight excluding hydrogens is 224 g/mol. The maximum Gasteiger partial charge on any atom is 0.303 e. The molecule has 0 heterocycles. The van der Waals surface area contributed by atoms with Gasteiger partial charge in [-0.05, 0) is 37.7 Å². The second-order valence-corrected chi connectivity index (χ2v) is 6.08. The highest BCUT2D eigenvalue weighted by Gasteiger charge is 2.36. The summed E-state index contributed by atoms with van der Waals surface area (Å²) in [6, 6.07) is 0. The lowest BCUT2D eigenvalue weighted by atomic mass is 9.63. The molecule has 18 heavy (non-hydrogen) atoms. The van der Waals surface area contributed by atoms with Gasteiger partial charge in [0, 0.05) is 12.8 Å². The Balaban J connectivity index is 2.80. The van der Waals surface area contributed by atoms with Gasteiger partial charge in [-0.15, -0.1) is 0 Å². The van der Waals surface area contributed by atoms with Crippen LogP contribution in [0, 0.1) is 17.3 Å². The zero-order valence-electron chi connectivity index (χ0n) is 12.5. The number of esters is 1. The van der Waals surface area contributed by atoms with Gasteiger partial charge in [-0.3, -0.25) is 4.79 Å². The summed E-state index contributed by atoms with van der Waals surface area (Å²) < 4.78 is 5.13. The summed E-state index contributed by atoms with van der Waals surface area (Å²) in [6.45, 7) is 12.5. The monoisotopic (exact) mass is 250 g/mol. The quantitative estimate of drug-likeness (QED) is 0.556. The molecule has 0 aromatic rings. The average Bonchev–Trinajstić information content (AvgIpc) is 2.22. The molecule has 0 radical (unpaired) electrons. The molecule has 1 rings (SSSR count). The van der Waals surface area contributed by atoms with Gasteiger partial charge in [0.05, 0.1) is 0 Å². The van der Waals surface area contributed by atoms with Gasteiger partial charge in [-0.25, -0.2) is 0 Å². The highest BCUT2D eigenvalue weighted by atomic mass is 16.5. The van der Waals surface area contributed by atoms with Crippen molar-refractivity contribution < 1.29 is 9.53 Å². The van der Waals surface area contributed by atoms with E-state index in [1.165, 1.54) is 12.5 Å². The molecule has 102 valence electrons. The van der Waals surface area contributed by atoms with Crippen LogP contribution in [0.2, 0.25) is 0 Å². The van der Waals surface area contributed by atoms with Crippen LogP contribution in [0.1, 0.15) is 48.0 Å². The predicted molar refractivity (Wildman–Crippen MR) is 75.2 cm³/mol. The van der Waals surface area contributed by atoms with Crippen LogP contribution in [-0.2, 0) is 9.53 Å². The van der Waals surface area contributed by atoms with Crippen molar-refractivity contribution in [2.24, 2.45) is 17.3 Å². The number of ether oxygens (including phenoxy) is 1. The van der Waals surface area contributed by atoms with E-state index in [9.17, 15) is 4.79 Å².